The Morgan fingerprint density at radius 3 is 3.00 bits per heavy atom. The van der Waals surface area contributed by atoms with Crippen molar-refractivity contribution in [2.75, 3.05) is 11.9 Å². The fraction of sp³-hybridized carbons (Fsp3) is 0.500. The average molecular weight is 311 g/mol. The van der Waals surface area contributed by atoms with E-state index in [0.29, 0.717) is 5.92 Å². The van der Waals surface area contributed by atoms with Crippen molar-refractivity contribution in [3.05, 3.63) is 28.2 Å². The van der Waals surface area contributed by atoms with Gasteiger partial charge in [0.05, 0.1) is 11.7 Å². The lowest BCUT2D eigenvalue weighted by atomic mass is 9.94. The van der Waals surface area contributed by atoms with Crippen molar-refractivity contribution < 1.29 is 4.79 Å². The van der Waals surface area contributed by atoms with E-state index in [0.717, 1.165) is 35.1 Å². The van der Waals surface area contributed by atoms with Gasteiger partial charge in [0.15, 0.2) is 0 Å². The highest BCUT2D eigenvalue weighted by molar-refractivity contribution is 9.10. The number of halogens is 1. The third-order valence-electron chi connectivity index (χ3n) is 3.43. The molecule has 98 valence electrons. The predicted octanol–water partition coefficient (Wildman–Crippen LogP) is 3.08. The van der Waals surface area contributed by atoms with E-state index < -0.39 is 0 Å². The maximum atomic E-state index is 12.2. The molecule has 2 rings (SSSR count). The van der Waals surface area contributed by atoms with E-state index in [9.17, 15) is 4.79 Å². The number of aryl methyl sites for hydroxylation is 1. The van der Waals surface area contributed by atoms with Gasteiger partial charge in [0.1, 0.15) is 0 Å². The van der Waals surface area contributed by atoms with Crippen molar-refractivity contribution in [1.82, 2.24) is 5.32 Å². The summed E-state index contributed by atoms with van der Waals surface area (Å²) in [6, 6.07) is 5.82. The summed E-state index contributed by atoms with van der Waals surface area (Å²) < 4.78 is 0.960. The highest BCUT2D eigenvalue weighted by atomic mass is 79.9. The van der Waals surface area contributed by atoms with Gasteiger partial charge < -0.3 is 10.6 Å². The Kier molecular flexibility index (Phi) is 4.40. The number of amides is 1. The Balaban J connectivity index is 2.04. The Morgan fingerprint density at radius 1 is 1.50 bits per heavy atom. The molecule has 0 saturated carbocycles. The van der Waals surface area contributed by atoms with E-state index in [1.807, 2.05) is 25.1 Å². The second kappa shape index (κ2) is 5.85. The molecule has 2 N–H and O–H groups in total. The maximum absolute atomic E-state index is 12.2. The van der Waals surface area contributed by atoms with Crippen LogP contribution in [0.4, 0.5) is 5.69 Å². The van der Waals surface area contributed by atoms with Crippen LogP contribution in [-0.4, -0.2) is 18.5 Å². The molecule has 0 aromatic heterocycles. The molecule has 18 heavy (non-hydrogen) atoms. The number of hydrogen-bond donors (Lipinski definition) is 2. The first-order chi connectivity index (χ1) is 8.58. The van der Waals surface area contributed by atoms with Crippen LogP contribution in [0.5, 0.6) is 0 Å². The first-order valence-electron chi connectivity index (χ1n) is 6.37. The number of benzene rings is 1. The normalized spacial score (nSPS) is 23.7. The molecule has 1 amide bonds. The zero-order valence-corrected chi connectivity index (χ0v) is 12.4. The summed E-state index contributed by atoms with van der Waals surface area (Å²) in [7, 11) is 0. The third-order valence-corrected chi connectivity index (χ3v) is 4.48. The monoisotopic (exact) mass is 310 g/mol. The van der Waals surface area contributed by atoms with Crippen molar-refractivity contribution in [1.29, 1.82) is 0 Å². The first-order valence-corrected chi connectivity index (χ1v) is 7.16. The van der Waals surface area contributed by atoms with E-state index in [4.69, 9.17) is 0 Å². The van der Waals surface area contributed by atoms with Crippen molar-refractivity contribution in [3.63, 3.8) is 0 Å². The minimum absolute atomic E-state index is 0.0628. The Labute approximate surface area is 116 Å². The highest BCUT2D eigenvalue weighted by Gasteiger charge is 2.24. The molecule has 1 saturated heterocycles. The zero-order valence-electron chi connectivity index (χ0n) is 10.8. The third kappa shape index (κ3) is 3.12. The van der Waals surface area contributed by atoms with Crippen LogP contribution in [0.3, 0.4) is 0 Å². The van der Waals surface area contributed by atoms with Gasteiger partial charge in [-0.1, -0.05) is 19.1 Å². The summed E-state index contributed by atoms with van der Waals surface area (Å²) in [5.74, 6) is 0.677. The molecular formula is C14H19BrN2O. The van der Waals surface area contributed by atoms with Crippen LogP contribution in [0.1, 0.15) is 25.3 Å². The Hall–Kier alpha value is -0.870. The molecule has 0 spiro atoms. The second-order valence-corrected chi connectivity index (χ2v) is 5.85. The molecule has 2 atom stereocenters. The quantitative estimate of drug-likeness (QED) is 0.881. The molecule has 0 radical (unpaired) electrons. The maximum Gasteiger partial charge on any atom is 0.241 e. The van der Waals surface area contributed by atoms with E-state index in [2.05, 4.69) is 33.5 Å². The van der Waals surface area contributed by atoms with Crippen LogP contribution in [0.2, 0.25) is 0 Å². The number of piperidine rings is 1. The van der Waals surface area contributed by atoms with Gasteiger partial charge in [0.2, 0.25) is 5.91 Å². The molecule has 0 aliphatic carbocycles. The minimum atomic E-state index is -0.0684. The zero-order chi connectivity index (χ0) is 13.1. The standard InChI is InChI=1S/C14H19BrN2O/c1-9-6-7-16-12(8-9)14(18)17-11-5-3-4-10(2)13(11)15/h3-5,9,12,16H,6-8H2,1-2H3,(H,17,18). The highest BCUT2D eigenvalue weighted by Crippen LogP contribution is 2.26. The van der Waals surface area contributed by atoms with Crippen LogP contribution >= 0.6 is 15.9 Å². The molecule has 1 aromatic carbocycles. The largest absolute Gasteiger partial charge is 0.324 e. The molecule has 3 nitrogen and oxygen atoms in total. The van der Waals surface area contributed by atoms with E-state index in [-0.39, 0.29) is 11.9 Å². The lowest BCUT2D eigenvalue weighted by Crippen LogP contribution is -2.45. The molecule has 2 unspecified atom stereocenters. The Bertz CT molecular complexity index is 447. The summed E-state index contributed by atoms with van der Waals surface area (Å²) in [5, 5.41) is 6.27. The van der Waals surface area contributed by atoms with Crippen LogP contribution in [0, 0.1) is 12.8 Å². The summed E-state index contributed by atoms with van der Waals surface area (Å²) in [6.07, 6.45) is 2.06. The molecule has 1 fully saturated rings. The van der Waals surface area contributed by atoms with Gasteiger partial charge >= 0.3 is 0 Å². The fourth-order valence-electron chi connectivity index (χ4n) is 2.27. The average Bonchev–Trinajstić information content (AvgIpc) is 2.35. The van der Waals surface area contributed by atoms with Gasteiger partial charge in [-0.2, -0.15) is 0 Å². The molecule has 0 bridgehead atoms. The van der Waals surface area contributed by atoms with Crippen LogP contribution < -0.4 is 10.6 Å². The van der Waals surface area contributed by atoms with Crippen LogP contribution in [0.25, 0.3) is 0 Å². The fourth-order valence-corrected chi connectivity index (χ4v) is 2.63. The molecule has 1 aromatic rings. The minimum Gasteiger partial charge on any atom is -0.324 e. The van der Waals surface area contributed by atoms with Crippen molar-refractivity contribution in [3.8, 4) is 0 Å². The molecule has 1 aliphatic heterocycles. The summed E-state index contributed by atoms with van der Waals surface area (Å²) in [6.45, 7) is 5.14. The lowest BCUT2D eigenvalue weighted by Gasteiger charge is -2.27. The summed E-state index contributed by atoms with van der Waals surface area (Å²) >= 11 is 3.51. The number of carbonyl (C=O) groups is 1. The van der Waals surface area contributed by atoms with Crippen molar-refractivity contribution >= 4 is 27.5 Å². The number of carbonyl (C=O) groups excluding carboxylic acids is 1. The van der Waals surface area contributed by atoms with E-state index >= 15 is 0 Å². The number of rotatable bonds is 2. The Morgan fingerprint density at radius 2 is 2.28 bits per heavy atom. The number of nitrogens with one attached hydrogen (secondary N) is 2. The van der Waals surface area contributed by atoms with E-state index in [1.54, 1.807) is 0 Å². The van der Waals surface area contributed by atoms with Crippen LogP contribution in [0.15, 0.2) is 22.7 Å². The van der Waals surface area contributed by atoms with Gasteiger partial charge in [-0.15, -0.1) is 0 Å². The SMILES string of the molecule is Cc1cccc(NC(=O)C2CC(C)CCN2)c1Br. The van der Waals surface area contributed by atoms with E-state index in [1.165, 1.54) is 0 Å². The smallest absolute Gasteiger partial charge is 0.241 e. The van der Waals surface area contributed by atoms with Gasteiger partial charge in [-0.05, 0) is 59.8 Å². The van der Waals surface area contributed by atoms with Crippen LogP contribution in [-0.2, 0) is 4.79 Å². The summed E-state index contributed by atoms with van der Waals surface area (Å²) in [5.41, 5.74) is 1.97. The van der Waals surface area contributed by atoms with Gasteiger partial charge in [0, 0.05) is 4.47 Å². The lowest BCUT2D eigenvalue weighted by molar-refractivity contribution is -0.119. The topological polar surface area (TPSA) is 41.1 Å². The molecular weight excluding hydrogens is 292 g/mol. The van der Waals surface area contributed by atoms with Crippen molar-refractivity contribution in [2.24, 2.45) is 5.92 Å². The second-order valence-electron chi connectivity index (χ2n) is 5.06. The van der Waals surface area contributed by atoms with Gasteiger partial charge in [-0.3, -0.25) is 4.79 Å². The molecule has 4 heteroatoms. The number of anilines is 1. The molecule has 1 aliphatic rings. The first kappa shape index (κ1) is 13.6. The molecule has 1 heterocycles. The number of hydrogen-bond acceptors (Lipinski definition) is 2. The van der Waals surface area contributed by atoms with Crippen molar-refractivity contribution in [2.45, 2.75) is 32.7 Å². The van der Waals surface area contributed by atoms with Gasteiger partial charge in [-0.25, -0.2) is 0 Å². The predicted molar refractivity (Wildman–Crippen MR) is 77.7 cm³/mol. The summed E-state index contributed by atoms with van der Waals surface area (Å²) in [4.78, 5) is 12.2. The van der Waals surface area contributed by atoms with Gasteiger partial charge in [0.25, 0.3) is 0 Å².